The Hall–Kier alpha value is -1.84. The van der Waals surface area contributed by atoms with E-state index >= 15 is 0 Å². The van der Waals surface area contributed by atoms with Crippen molar-refractivity contribution in [3.8, 4) is 0 Å². The van der Waals surface area contributed by atoms with Gasteiger partial charge in [0.15, 0.2) is 0 Å². The molecule has 0 fully saturated rings. The van der Waals surface area contributed by atoms with Crippen molar-refractivity contribution in [2.75, 3.05) is 0 Å². The Balaban J connectivity index is 2.82. The van der Waals surface area contributed by atoms with E-state index in [9.17, 15) is 10.1 Å². The highest BCUT2D eigenvalue weighted by atomic mass is 16.6. The molecular weight excluding hydrogens is 192 g/mol. The van der Waals surface area contributed by atoms with Crippen LogP contribution in [0.3, 0.4) is 0 Å². The largest absolute Gasteiger partial charge is 0.351 e. The van der Waals surface area contributed by atoms with Crippen LogP contribution >= 0.6 is 0 Å². The molecule has 77 valence electrons. The Morgan fingerprint density at radius 1 is 1.47 bits per heavy atom. The molecule has 4 nitrogen and oxygen atoms in total. The van der Waals surface area contributed by atoms with Crippen LogP contribution in [0.5, 0.6) is 0 Å². The number of benzene rings is 1. The smallest absolute Gasteiger partial charge is 0.273 e. The summed E-state index contributed by atoms with van der Waals surface area (Å²) in [6.45, 7) is 3.74. The number of rotatable bonds is 2. The second-order valence-corrected chi connectivity index (χ2v) is 3.43. The molecule has 0 aliphatic carbocycles. The van der Waals surface area contributed by atoms with Crippen molar-refractivity contribution < 1.29 is 4.92 Å². The molecule has 0 unspecified atom stereocenters. The Morgan fingerprint density at radius 3 is 2.80 bits per heavy atom. The number of nitrogens with zero attached hydrogens (tertiary/aromatic N) is 2. The highest BCUT2D eigenvalue weighted by Crippen LogP contribution is 2.28. The second-order valence-electron chi connectivity index (χ2n) is 3.43. The van der Waals surface area contributed by atoms with Crippen LogP contribution < -0.4 is 0 Å². The minimum atomic E-state index is -0.354. The molecule has 0 saturated carbocycles. The van der Waals surface area contributed by atoms with Crippen molar-refractivity contribution in [3.05, 3.63) is 47.0 Å². The molecule has 2 aromatic rings. The van der Waals surface area contributed by atoms with Crippen molar-refractivity contribution in [1.29, 1.82) is 0 Å². The number of hydrogen-bond donors (Lipinski definition) is 0. The van der Waals surface area contributed by atoms with Crippen LogP contribution in [0.2, 0.25) is 0 Å². The van der Waals surface area contributed by atoms with E-state index in [-0.39, 0.29) is 10.6 Å². The number of nitro benzene ring substituents is 1. The molecule has 2 rings (SSSR count). The topological polar surface area (TPSA) is 48.1 Å². The lowest BCUT2D eigenvalue weighted by molar-refractivity contribution is -0.385. The number of aromatic nitrogens is 1. The molecule has 1 radical (unpaired) electrons. The Kier molecular flexibility index (Phi) is 2.19. The first-order valence-electron chi connectivity index (χ1n) is 4.65. The third kappa shape index (κ3) is 1.38. The van der Waals surface area contributed by atoms with Gasteiger partial charge in [-0.25, -0.2) is 0 Å². The first-order valence-corrected chi connectivity index (χ1v) is 4.65. The van der Waals surface area contributed by atoms with Crippen LogP contribution in [0.1, 0.15) is 5.56 Å². The summed E-state index contributed by atoms with van der Waals surface area (Å²) < 4.78 is 1.94. The number of fused-ring (bicyclic) bond motifs is 1. The summed E-state index contributed by atoms with van der Waals surface area (Å²) in [5.41, 5.74) is 1.86. The third-order valence-corrected chi connectivity index (χ3v) is 2.60. The summed E-state index contributed by atoms with van der Waals surface area (Å²) in [6, 6.07) is 5.21. The van der Waals surface area contributed by atoms with E-state index in [4.69, 9.17) is 0 Å². The zero-order valence-electron chi connectivity index (χ0n) is 8.43. The molecule has 0 spiro atoms. The second kappa shape index (κ2) is 3.38. The van der Waals surface area contributed by atoms with Crippen LogP contribution in [0, 0.1) is 17.0 Å². The van der Waals surface area contributed by atoms with E-state index in [0.29, 0.717) is 12.0 Å². The van der Waals surface area contributed by atoms with Crippen LogP contribution in [0.25, 0.3) is 10.9 Å². The van der Waals surface area contributed by atoms with E-state index in [0.717, 1.165) is 10.9 Å². The lowest BCUT2D eigenvalue weighted by Crippen LogP contribution is -1.95. The molecule has 4 heteroatoms. The Labute approximate surface area is 87.3 Å². The van der Waals surface area contributed by atoms with Gasteiger partial charge in [0.1, 0.15) is 0 Å². The molecule has 0 amide bonds. The first-order chi connectivity index (χ1) is 7.15. The minimum Gasteiger partial charge on any atom is -0.351 e. The summed E-state index contributed by atoms with van der Waals surface area (Å²) in [5.74, 6) is 0. The van der Waals surface area contributed by atoms with E-state index in [1.807, 2.05) is 23.9 Å². The summed E-state index contributed by atoms with van der Waals surface area (Å²) in [5, 5.41) is 11.7. The van der Waals surface area contributed by atoms with Gasteiger partial charge in [-0.2, -0.15) is 0 Å². The lowest BCUT2D eigenvalue weighted by Gasteiger charge is -2.02. The fourth-order valence-corrected chi connectivity index (χ4v) is 1.83. The van der Waals surface area contributed by atoms with Gasteiger partial charge in [-0.05, 0) is 25.5 Å². The van der Waals surface area contributed by atoms with Gasteiger partial charge in [-0.1, -0.05) is 0 Å². The number of aryl methyl sites for hydroxylation is 1. The fraction of sp³-hybridized carbons (Fsp3) is 0.182. The lowest BCUT2D eigenvalue weighted by atomic mass is 10.1. The molecule has 0 atom stereocenters. The van der Waals surface area contributed by atoms with Gasteiger partial charge in [0, 0.05) is 35.8 Å². The molecule has 1 aromatic heterocycles. The number of hydrogen-bond acceptors (Lipinski definition) is 2. The summed E-state index contributed by atoms with van der Waals surface area (Å²) >= 11 is 0. The summed E-state index contributed by atoms with van der Waals surface area (Å²) in [4.78, 5) is 10.4. The molecule has 0 saturated heterocycles. The van der Waals surface area contributed by atoms with Crippen LogP contribution in [-0.4, -0.2) is 9.49 Å². The van der Waals surface area contributed by atoms with Crippen molar-refractivity contribution >= 4 is 16.6 Å². The highest BCUT2D eigenvalue weighted by molar-refractivity contribution is 5.87. The van der Waals surface area contributed by atoms with Crippen molar-refractivity contribution in [2.45, 2.75) is 6.42 Å². The van der Waals surface area contributed by atoms with Gasteiger partial charge >= 0.3 is 0 Å². The Morgan fingerprint density at radius 2 is 2.20 bits per heavy atom. The van der Waals surface area contributed by atoms with Gasteiger partial charge in [0.2, 0.25) is 0 Å². The molecule has 0 aliphatic rings. The maximum absolute atomic E-state index is 10.8. The average Bonchev–Trinajstić information content (AvgIpc) is 2.59. The molecule has 0 bridgehead atoms. The third-order valence-electron chi connectivity index (χ3n) is 2.60. The normalized spacial score (nSPS) is 10.8. The first kappa shape index (κ1) is 9.71. The van der Waals surface area contributed by atoms with Gasteiger partial charge < -0.3 is 4.57 Å². The van der Waals surface area contributed by atoms with Crippen LogP contribution in [0.4, 0.5) is 5.69 Å². The molecule has 15 heavy (non-hydrogen) atoms. The van der Waals surface area contributed by atoms with Gasteiger partial charge in [-0.15, -0.1) is 0 Å². The van der Waals surface area contributed by atoms with Crippen LogP contribution in [0.15, 0.2) is 24.4 Å². The van der Waals surface area contributed by atoms with Crippen molar-refractivity contribution in [2.24, 2.45) is 7.05 Å². The average molecular weight is 203 g/mol. The monoisotopic (exact) mass is 203 g/mol. The summed E-state index contributed by atoms with van der Waals surface area (Å²) in [6.07, 6.45) is 2.32. The van der Waals surface area contributed by atoms with Crippen molar-refractivity contribution in [3.63, 3.8) is 0 Å². The maximum atomic E-state index is 10.8. The maximum Gasteiger partial charge on any atom is 0.273 e. The Bertz CT molecular complexity index is 529. The molecule has 0 aliphatic heterocycles. The van der Waals surface area contributed by atoms with Crippen molar-refractivity contribution in [1.82, 2.24) is 4.57 Å². The zero-order chi connectivity index (χ0) is 11.0. The molecule has 1 heterocycles. The van der Waals surface area contributed by atoms with Crippen LogP contribution in [-0.2, 0) is 13.5 Å². The minimum absolute atomic E-state index is 0.156. The van der Waals surface area contributed by atoms with E-state index in [1.165, 1.54) is 0 Å². The predicted octanol–water partition coefficient (Wildman–Crippen LogP) is 2.46. The van der Waals surface area contributed by atoms with Gasteiger partial charge in [0.25, 0.3) is 5.69 Å². The molecular formula is C11H11N2O2. The molecule has 0 N–H and O–H groups in total. The predicted molar refractivity (Wildman–Crippen MR) is 58.6 cm³/mol. The quantitative estimate of drug-likeness (QED) is 0.556. The van der Waals surface area contributed by atoms with E-state index in [2.05, 4.69) is 6.92 Å². The molecule has 1 aromatic carbocycles. The van der Waals surface area contributed by atoms with E-state index in [1.54, 1.807) is 12.1 Å². The highest BCUT2D eigenvalue weighted by Gasteiger charge is 2.16. The van der Waals surface area contributed by atoms with Gasteiger partial charge in [-0.3, -0.25) is 10.1 Å². The zero-order valence-corrected chi connectivity index (χ0v) is 8.43. The summed E-state index contributed by atoms with van der Waals surface area (Å²) in [7, 11) is 1.92. The SMILES string of the molecule is [CH2]Cc1c([N+](=O)[O-])ccc2c1ccn2C. The standard InChI is InChI=1S/C11H11N2O2/c1-3-8-9-6-7-12(2)10(9)4-5-11(8)13(14)15/h4-7H,1,3H2,2H3. The number of nitro groups is 1. The fourth-order valence-electron chi connectivity index (χ4n) is 1.83. The van der Waals surface area contributed by atoms with E-state index < -0.39 is 0 Å². The van der Waals surface area contributed by atoms with Gasteiger partial charge in [0.05, 0.1) is 4.92 Å².